The normalized spacial score (nSPS) is 12.2. The van der Waals surface area contributed by atoms with Gasteiger partial charge in [0.25, 0.3) is 5.91 Å². The third-order valence-corrected chi connectivity index (χ3v) is 3.19. The van der Waals surface area contributed by atoms with Gasteiger partial charge in [-0.3, -0.25) is 4.79 Å². The molecule has 20 heavy (non-hydrogen) atoms. The fourth-order valence-corrected chi connectivity index (χ4v) is 2.27. The van der Waals surface area contributed by atoms with Crippen LogP contribution in [-0.4, -0.2) is 17.6 Å². The number of furan rings is 1. The van der Waals surface area contributed by atoms with E-state index < -0.39 is 6.10 Å². The number of aliphatic hydroxyl groups is 1. The molecule has 0 bridgehead atoms. The van der Waals surface area contributed by atoms with E-state index in [0.717, 1.165) is 0 Å². The van der Waals surface area contributed by atoms with Crippen LogP contribution < -0.4 is 5.32 Å². The third-order valence-electron chi connectivity index (χ3n) is 2.76. The molecule has 1 amide bonds. The Bertz CT molecular complexity index is 564. The van der Waals surface area contributed by atoms with Crippen LogP contribution in [0.15, 0.2) is 41.2 Å². The molecule has 1 unspecified atom stereocenters. The van der Waals surface area contributed by atoms with Gasteiger partial charge < -0.3 is 14.8 Å². The van der Waals surface area contributed by atoms with E-state index in [2.05, 4.69) is 5.32 Å². The highest BCUT2D eigenvalue weighted by Gasteiger charge is 2.11. The number of benzene rings is 1. The van der Waals surface area contributed by atoms with Gasteiger partial charge in [0.2, 0.25) is 0 Å². The lowest BCUT2D eigenvalue weighted by atomic mass is 10.1. The van der Waals surface area contributed by atoms with Gasteiger partial charge in [0.05, 0.1) is 18.6 Å². The highest BCUT2D eigenvalue weighted by molar-refractivity contribution is 6.35. The molecule has 106 valence electrons. The quantitative estimate of drug-likeness (QED) is 0.888. The van der Waals surface area contributed by atoms with Gasteiger partial charge in [-0.2, -0.15) is 0 Å². The Labute approximate surface area is 126 Å². The third kappa shape index (κ3) is 4.00. The number of rotatable bonds is 5. The molecule has 0 aliphatic heterocycles. The summed E-state index contributed by atoms with van der Waals surface area (Å²) in [4.78, 5) is 11.9. The maximum atomic E-state index is 11.9. The molecule has 2 rings (SSSR count). The molecule has 4 nitrogen and oxygen atoms in total. The van der Waals surface area contributed by atoms with E-state index in [9.17, 15) is 9.90 Å². The molecule has 1 aromatic carbocycles. The fraction of sp³-hybridized carbons (Fsp3) is 0.214. The standard InChI is InChI=1S/C14H13Cl2NO3/c15-11-5-10(6-12(16)7-11)14(19)17-3-1-13(18)9-2-4-20-8-9/h2,4-8,13,18H,1,3H2,(H,17,19). The van der Waals surface area contributed by atoms with Crippen molar-refractivity contribution in [1.82, 2.24) is 5.32 Å². The lowest BCUT2D eigenvalue weighted by Gasteiger charge is -2.10. The molecule has 1 aromatic heterocycles. The van der Waals surface area contributed by atoms with Gasteiger partial charge in [-0.15, -0.1) is 0 Å². The molecule has 0 aliphatic carbocycles. The minimum Gasteiger partial charge on any atom is -0.472 e. The number of hydrogen-bond acceptors (Lipinski definition) is 3. The van der Waals surface area contributed by atoms with Crippen LogP contribution in [0.25, 0.3) is 0 Å². The molecule has 0 fully saturated rings. The average Bonchev–Trinajstić information content (AvgIpc) is 2.91. The minimum atomic E-state index is -0.669. The van der Waals surface area contributed by atoms with Crippen LogP contribution in [0.5, 0.6) is 0 Å². The first-order chi connectivity index (χ1) is 9.56. The highest BCUT2D eigenvalue weighted by atomic mass is 35.5. The zero-order chi connectivity index (χ0) is 14.5. The molecule has 1 atom stereocenters. The van der Waals surface area contributed by atoms with Gasteiger partial charge in [0.1, 0.15) is 0 Å². The summed E-state index contributed by atoms with van der Waals surface area (Å²) < 4.78 is 4.88. The van der Waals surface area contributed by atoms with Crippen molar-refractivity contribution < 1.29 is 14.3 Å². The first-order valence-corrected chi connectivity index (χ1v) is 6.76. The fourth-order valence-electron chi connectivity index (χ4n) is 1.74. The van der Waals surface area contributed by atoms with Crippen LogP contribution in [0.3, 0.4) is 0 Å². The molecule has 0 radical (unpaired) electrons. The van der Waals surface area contributed by atoms with Crippen molar-refractivity contribution >= 4 is 29.1 Å². The van der Waals surface area contributed by atoms with Crippen molar-refractivity contribution in [2.45, 2.75) is 12.5 Å². The Morgan fingerprint density at radius 1 is 1.30 bits per heavy atom. The summed E-state index contributed by atoms with van der Waals surface area (Å²) in [7, 11) is 0. The van der Waals surface area contributed by atoms with E-state index in [1.807, 2.05) is 0 Å². The number of halogens is 2. The van der Waals surface area contributed by atoms with Crippen molar-refractivity contribution in [3.63, 3.8) is 0 Å². The summed E-state index contributed by atoms with van der Waals surface area (Å²) in [5.41, 5.74) is 1.07. The molecule has 0 saturated heterocycles. The van der Waals surface area contributed by atoms with Crippen LogP contribution in [0, 0.1) is 0 Å². The van der Waals surface area contributed by atoms with Crippen LogP contribution in [0.1, 0.15) is 28.4 Å². The molecule has 0 aliphatic rings. The van der Waals surface area contributed by atoms with E-state index >= 15 is 0 Å². The Balaban J connectivity index is 1.86. The van der Waals surface area contributed by atoms with Crippen molar-refractivity contribution in [3.8, 4) is 0 Å². The summed E-state index contributed by atoms with van der Waals surface area (Å²) in [6.45, 7) is 0.329. The average molecular weight is 314 g/mol. The number of hydrogen-bond donors (Lipinski definition) is 2. The first-order valence-electron chi connectivity index (χ1n) is 6.00. The number of carbonyl (C=O) groups is 1. The maximum Gasteiger partial charge on any atom is 0.251 e. The highest BCUT2D eigenvalue weighted by Crippen LogP contribution is 2.19. The number of carbonyl (C=O) groups excluding carboxylic acids is 1. The molecule has 6 heteroatoms. The van der Waals surface area contributed by atoms with Gasteiger partial charge in [0.15, 0.2) is 0 Å². The van der Waals surface area contributed by atoms with Gasteiger partial charge in [0, 0.05) is 27.7 Å². The van der Waals surface area contributed by atoms with E-state index in [1.165, 1.54) is 24.7 Å². The Hall–Kier alpha value is -1.49. The summed E-state index contributed by atoms with van der Waals surface area (Å²) >= 11 is 11.7. The second-order valence-electron chi connectivity index (χ2n) is 4.28. The predicted octanol–water partition coefficient (Wildman–Crippen LogP) is 3.44. The van der Waals surface area contributed by atoms with Gasteiger partial charge >= 0.3 is 0 Å². The minimum absolute atomic E-state index is 0.284. The molecule has 0 spiro atoms. The van der Waals surface area contributed by atoms with E-state index in [1.54, 1.807) is 12.1 Å². The zero-order valence-corrected chi connectivity index (χ0v) is 12.0. The Morgan fingerprint density at radius 3 is 2.60 bits per heavy atom. The molecular weight excluding hydrogens is 301 g/mol. The van der Waals surface area contributed by atoms with Crippen molar-refractivity contribution in [2.24, 2.45) is 0 Å². The topological polar surface area (TPSA) is 62.5 Å². The van der Waals surface area contributed by atoms with Crippen molar-refractivity contribution in [2.75, 3.05) is 6.54 Å². The van der Waals surface area contributed by atoms with Crippen molar-refractivity contribution in [1.29, 1.82) is 0 Å². The zero-order valence-electron chi connectivity index (χ0n) is 10.5. The molecule has 2 aromatic rings. The summed E-state index contributed by atoms with van der Waals surface area (Å²) in [5.74, 6) is -0.284. The van der Waals surface area contributed by atoms with Crippen LogP contribution in [-0.2, 0) is 0 Å². The van der Waals surface area contributed by atoms with Gasteiger partial charge in [-0.25, -0.2) is 0 Å². The van der Waals surface area contributed by atoms with E-state index in [0.29, 0.717) is 34.1 Å². The van der Waals surface area contributed by atoms with Crippen LogP contribution >= 0.6 is 23.2 Å². The molecule has 0 saturated carbocycles. The number of nitrogens with one attached hydrogen (secondary N) is 1. The molecule has 1 heterocycles. The van der Waals surface area contributed by atoms with Gasteiger partial charge in [-0.1, -0.05) is 23.2 Å². The first kappa shape index (κ1) is 14.9. The second kappa shape index (κ2) is 6.79. The smallest absolute Gasteiger partial charge is 0.251 e. The van der Waals surface area contributed by atoms with Crippen LogP contribution in [0.2, 0.25) is 10.0 Å². The Morgan fingerprint density at radius 2 is 2.00 bits per heavy atom. The number of aliphatic hydroxyl groups excluding tert-OH is 1. The lowest BCUT2D eigenvalue weighted by Crippen LogP contribution is -2.25. The monoisotopic (exact) mass is 313 g/mol. The van der Waals surface area contributed by atoms with Crippen molar-refractivity contribution in [3.05, 3.63) is 58.0 Å². The maximum absolute atomic E-state index is 11.9. The summed E-state index contributed by atoms with van der Waals surface area (Å²) in [5, 5.41) is 13.3. The second-order valence-corrected chi connectivity index (χ2v) is 5.15. The largest absolute Gasteiger partial charge is 0.472 e. The van der Waals surface area contributed by atoms with Crippen LogP contribution in [0.4, 0.5) is 0 Å². The number of amides is 1. The Kier molecular flexibility index (Phi) is 5.06. The molecule has 2 N–H and O–H groups in total. The summed E-state index contributed by atoms with van der Waals surface area (Å²) in [6, 6.07) is 6.32. The van der Waals surface area contributed by atoms with E-state index in [-0.39, 0.29) is 5.91 Å². The lowest BCUT2D eigenvalue weighted by molar-refractivity contribution is 0.0942. The van der Waals surface area contributed by atoms with Gasteiger partial charge in [-0.05, 0) is 30.7 Å². The summed E-state index contributed by atoms with van der Waals surface area (Å²) in [6.07, 6.45) is 2.69. The van der Waals surface area contributed by atoms with E-state index in [4.69, 9.17) is 27.6 Å². The SMILES string of the molecule is O=C(NCCC(O)c1ccoc1)c1cc(Cl)cc(Cl)c1. The predicted molar refractivity (Wildman–Crippen MR) is 77.1 cm³/mol. The molecular formula is C14H13Cl2NO3.